The maximum absolute atomic E-state index is 12.5. The van der Waals surface area contributed by atoms with Gasteiger partial charge in [-0.1, -0.05) is 13.8 Å². The minimum atomic E-state index is -4.50. The van der Waals surface area contributed by atoms with Crippen molar-refractivity contribution in [2.45, 2.75) is 39.8 Å². The van der Waals surface area contributed by atoms with Gasteiger partial charge >= 0.3 is 6.18 Å². The molecule has 18 heavy (non-hydrogen) atoms. The van der Waals surface area contributed by atoms with E-state index < -0.39 is 11.9 Å². The second-order valence-corrected chi connectivity index (χ2v) is 4.05. The van der Waals surface area contributed by atoms with Crippen LogP contribution >= 0.6 is 0 Å². The minimum absolute atomic E-state index is 0.0603. The molecule has 100 valence electrons. The lowest BCUT2D eigenvalue weighted by Crippen LogP contribution is -2.13. The first-order valence-electron chi connectivity index (χ1n) is 5.98. The number of aryl methyl sites for hydroxylation is 1. The van der Waals surface area contributed by atoms with Gasteiger partial charge < -0.3 is 0 Å². The van der Waals surface area contributed by atoms with Crippen LogP contribution in [0, 0.1) is 12.8 Å². The van der Waals surface area contributed by atoms with Crippen molar-refractivity contribution in [3.05, 3.63) is 29.1 Å². The molecule has 2 rings (SSSR count). The number of rotatable bonds is 2. The predicted molar refractivity (Wildman–Crippen MR) is 62.4 cm³/mol. The van der Waals surface area contributed by atoms with Crippen molar-refractivity contribution in [1.29, 1.82) is 0 Å². The Morgan fingerprint density at radius 3 is 2.28 bits per heavy atom. The molecule has 2 nitrogen and oxygen atoms in total. The van der Waals surface area contributed by atoms with Gasteiger partial charge in [0.25, 0.3) is 0 Å². The zero-order valence-corrected chi connectivity index (χ0v) is 10.6. The average molecular weight is 259 g/mol. The smallest absolute Gasteiger partial charge is 0.292 e. The summed E-state index contributed by atoms with van der Waals surface area (Å²) in [6.45, 7) is 5.53. The molecule has 0 aliphatic heterocycles. The van der Waals surface area contributed by atoms with Crippen molar-refractivity contribution >= 4 is 5.78 Å². The third-order valence-electron chi connectivity index (χ3n) is 2.46. The van der Waals surface area contributed by atoms with Crippen LogP contribution in [0.25, 0.3) is 0 Å². The number of aromatic nitrogens is 1. The molecule has 1 saturated carbocycles. The molecule has 0 aromatic carbocycles. The average Bonchev–Trinajstić information content (AvgIpc) is 3.12. The summed E-state index contributed by atoms with van der Waals surface area (Å²) in [6.07, 6.45) is -2.98. The molecular formula is C13H16F3NO. The van der Waals surface area contributed by atoms with Gasteiger partial charge in [0.1, 0.15) is 11.4 Å². The Kier molecular flexibility index (Phi) is 4.48. The van der Waals surface area contributed by atoms with E-state index in [9.17, 15) is 18.0 Å². The normalized spacial score (nSPS) is 14.8. The molecule has 0 radical (unpaired) electrons. The van der Waals surface area contributed by atoms with Gasteiger partial charge in [0.2, 0.25) is 0 Å². The highest BCUT2D eigenvalue weighted by Gasteiger charge is 2.36. The fourth-order valence-electron chi connectivity index (χ4n) is 1.49. The number of ketones is 1. The van der Waals surface area contributed by atoms with Crippen molar-refractivity contribution in [2.75, 3.05) is 0 Å². The maximum atomic E-state index is 12.5. The highest BCUT2D eigenvalue weighted by atomic mass is 19.4. The third-order valence-corrected chi connectivity index (χ3v) is 2.46. The van der Waals surface area contributed by atoms with Gasteiger partial charge in [-0.2, -0.15) is 13.2 Å². The Hall–Kier alpha value is -1.39. The summed E-state index contributed by atoms with van der Waals surface area (Å²) >= 11 is 0. The molecule has 1 aromatic rings. The molecule has 0 bridgehead atoms. The van der Waals surface area contributed by atoms with Gasteiger partial charge in [0, 0.05) is 5.92 Å². The Bertz CT molecular complexity index is 436. The summed E-state index contributed by atoms with van der Waals surface area (Å²) in [6, 6.07) is 2.36. The Morgan fingerprint density at radius 1 is 1.28 bits per heavy atom. The summed E-state index contributed by atoms with van der Waals surface area (Å²) in [5.74, 6) is -0.385. The van der Waals surface area contributed by atoms with Gasteiger partial charge in [-0.15, -0.1) is 0 Å². The monoisotopic (exact) mass is 259 g/mol. The van der Waals surface area contributed by atoms with Gasteiger partial charge in [0.15, 0.2) is 5.78 Å². The summed E-state index contributed by atoms with van der Waals surface area (Å²) in [7, 11) is 0. The van der Waals surface area contributed by atoms with Gasteiger partial charge in [-0.05, 0) is 37.5 Å². The first-order valence-corrected chi connectivity index (χ1v) is 5.98. The topological polar surface area (TPSA) is 30.0 Å². The van der Waals surface area contributed by atoms with Crippen molar-refractivity contribution in [3.63, 3.8) is 0 Å². The van der Waals surface area contributed by atoms with E-state index in [-0.39, 0.29) is 17.4 Å². The number of carbonyl (C=O) groups is 1. The molecular weight excluding hydrogens is 243 g/mol. The second kappa shape index (κ2) is 5.50. The largest absolute Gasteiger partial charge is 0.433 e. The van der Waals surface area contributed by atoms with Crippen LogP contribution in [0.2, 0.25) is 0 Å². The number of hydrogen-bond acceptors (Lipinski definition) is 2. The van der Waals surface area contributed by atoms with Crippen LogP contribution in [0.5, 0.6) is 0 Å². The van der Waals surface area contributed by atoms with Crippen LogP contribution in [0.3, 0.4) is 0 Å². The van der Waals surface area contributed by atoms with E-state index in [4.69, 9.17) is 0 Å². The van der Waals surface area contributed by atoms with Crippen molar-refractivity contribution in [2.24, 2.45) is 5.92 Å². The standard InChI is InChI=1S/C11H10F3NO.C2H6/c1-6-4-8(10(16)7-2-3-7)15-9(5-6)11(12,13)14;1-2/h4-5,7H,2-3H2,1H3;1-2H3. The van der Waals surface area contributed by atoms with E-state index in [1.165, 1.54) is 13.0 Å². The van der Waals surface area contributed by atoms with Crippen LogP contribution in [0.1, 0.15) is 48.4 Å². The number of pyridine rings is 1. The summed E-state index contributed by atoms with van der Waals surface area (Å²) < 4.78 is 37.4. The molecule has 0 spiro atoms. The molecule has 1 heterocycles. The summed E-state index contributed by atoms with van der Waals surface area (Å²) in [5, 5.41) is 0. The molecule has 0 unspecified atom stereocenters. The number of carbonyl (C=O) groups excluding carboxylic acids is 1. The Balaban J connectivity index is 0.000000771. The van der Waals surface area contributed by atoms with Gasteiger partial charge in [-0.3, -0.25) is 4.79 Å². The molecule has 1 aromatic heterocycles. The van der Waals surface area contributed by atoms with Crippen LogP contribution in [0.4, 0.5) is 13.2 Å². The van der Waals surface area contributed by atoms with E-state index in [0.29, 0.717) is 5.56 Å². The van der Waals surface area contributed by atoms with Crippen LogP contribution in [-0.2, 0) is 6.18 Å². The summed E-state index contributed by atoms with van der Waals surface area (Å²) in [4.78, 5) is 15.0. The van der Waals surface area contributed by atoms with E-state index >= 15 is 0 Å². The van der Waals surface area contributed by atoms with E-state index in [1.54, 1.807) is 0 Å². The van der Waals surface area contributed by atoms with E-state index in [0.717, 1.165) is 18.9 Å². The fourth-order valence-corrected chi connectivity index (χ4v) is 1.49. The van der Waals surface area contributed by atoms with Crippen molar-refractivity contribution < 1.29 is 18.0 Å². The third kappa shape index (κ3) is 3.55. The second-order valence-electron chi connectivity index (χ2n) is 4.05. The first-order chi connectivity index (χ1) is 8.38. The zero-order valence-electron chi connectivity index (χ0n) is 10.6. The van der Waals surface area contributed by atoms with E-state index in [2.05, 4.69) is 4.98 Å². The lowest BCUT2D eigenvalue weighted by Gasteiger charge is -2.08. The fraction of sp³-hybridized carbons (Fsp3) is 0.538. The van der Waals surface area contributed by atoms with Gasteiger partial charge in [0.05, 0.1) is 0 Å². The molecule has 0 saturated heterocycles. The number of nitrogens with zero attached hydrogens (tertiary/aromatic N) is 1. The first kappa shape index (κ1) is 14.7. The number of hydrogen-bond donors (Lipinski definition) is 0. The van der Waals surface area contributed by atoms with Gasteiger partial charge in [-0.25, -0.2) is 4.98 Å². The minimum Gasteiger partial charge on any atom is -0.292 e. The Labute approximate surface area is 104 Å². The number of Topliss-reactive ketones (excluding diaryl/α,β-unsaturated/α-hetero) is 1. The lowest BCUT2D eigenvalue weighted by molar-refractivity contribution is -0.141. The van der Waals surface area contributed by atoms with Crippen molar-refractivity contribution in [1.82, 2.24) is 4.98 Å². The predicted octanol–water partition coefficient (Wildman–Crippen LogP) is 4.03. The molecule has 5 heteroatoms. The molecule has 1 aliphatic rings. The van der Waals surface area contributed by atoms with Crippen LogP contribution < -0.4 is 0 Å². The quantitative estimate of drug-likeness (QED) is 0.750. The maximum Gasteiger partial charge on any atom is 0.433 e. The zero-order chi connectivity index (χ0) is 13.9. The highest BCUT2D eigenvalue weighted by molar-refractivity contribution is 5.97. The SMILES string of the molecule is CC.Cc1cc(C(=O)C2CC2)nc(C(F)(F)F)c1. The molecule has 0 amide bonds. The molecule has 0 atom stereocenters. The lowest BCUT2D eigenvalue weighted by atomic mass is 10.1. The van der Waals surface area contributed by atoms with Crippen LogP contribution in [-0.4, -0.2) is 10.8 Å². The molecule has 1 aliphatic carbocycles. The van der Waals surface area contributed by atoms with E-state index in [1.807, 2.05) is 13.8 Å². The highest BCUT2D eigenvalue weighted by Crippen LogP contribution is 2.34. The van der Waals surface area contributed by atoms with Crippen LogP contribution in [0.15, 0.2) is 12.1 Å². The number of halogens is 3. The summed E-state index contributed by atoms with van der Waals surface area (Å²) in [5.41, 5.74) is -0.641. The molecule has 1 fully saturated rings. The molecule has 0 N–H and O–H groups in total. The van der Waals surface area contributed by atoms with Crippen molar-refractivity contribution in [3.8, 4) is 0 Å². The number of alkyl halides is 3. The Morgan fingerprint density at radius 2 is 1.83 bits per heavy atom.